The number of benzene rings is 1. The predicted molar refractivity (Wildman–Crippen MR) is 137 cm³/mol. The normalized spacial score (nSPS) is 15.5. The molecule has 0 saturated carbocycles. The summed E-state index contributed by atoms with van der Waals surface area (Å²) in [6.45, 7) is 10.0. The van der Waals surface area contributed by atoms with Crippen molar-refractivity contribution in [2.75, 3.05) is 25.4 Å². The summed E-state index contributed by atoms with van der Waals surface area (Å²) in [6.07, 6.45) is 8.04. The molecule has 1 aromatic carbocycles. The van der Waals surface area contributed by atoms with E-state index in [1.54, 1.807) is 20.8 Å². The van der Waals surface area contributed by atoms with Gasteiger partial charge in [0, 0.05) is 24.7 Å². The van der Waals surface area contributed by atoms with Gasteiger partial charge in [-0.1, -0.05) is 19.4 Å². The van der Waals surface area contributed by atoms with Crippen molar-refractivity contribution in [3.8, 4) is 5.75 Å². The first kappa shape index (κ1) is 28.1. The fourth-order valence-corrected chi connectivity index (χ4v) is 5.17. The van der Waals surface area contributed by atoms with Crippen LogP contribution in [0.3, 0.4) is 0 Å². The molecule has 190 valence electrons. The average molecular weight is 493 g/mol. The molecule has 7 nitrogen and oxygen atoms in total. The number of ether oxygens (including phenoxy) is 1. The predicted octanol–water partition coefficient (Wildman–Crippen LogP) is 4.72. The number of sulfone groups is 1. The van der Waals surface area contributed by atoms with Gasteiger partial charge in [0.25, 0.3) is 6.47 Å². The molecular weight excluding hydrogens is 452 g/mol. The maximum Gasteiger partial charge on any atom is 0.290 e. The topological polar surface area (TPSA) is 96.8 Å². The summed E-state index contributed by atoms with van der Waals surface area (Å²) in [5, 5.41) is 8.03. The van der Waals surface area contributed by atoms with Crippen LogP contribution in [0, 0.1) is 0 Å². The van der Waals surface area contributed by atoms with Crippen molar-refractivity contribution in [1.82, 2.24) is 9.88 Å². The molecule has 2 aromatic rings. The van der Waals surface area contributed by atoms with Crippen LogP contribution in [0.2, 0.25) is 0 Å². The van der Waals surface area contributed by atoms with E-state index < -0.39 is 14.6 Å². The Morgan fingerprint density at radius 2 is 1.88 bits per heavy atom. The molecule has 0 spiro atoms. The van der Waals surface area contributed by atoms with Crippen molar-refractivity contribution >= 4 is 27.2 Å². The van der Waals surface area contributed by atoms with E-state index in [-0.39, 0.29) is 18.3 Å². The van der Waals surface area contributed by atoms with Crippen LogP contribution < -0.4 is 4.74 Å². The second-order valence-electron chi connectivity index (χ2n) is 9.82. The number of piperidine rings is 1. The molecule has 1 saturated heterocycles. The minimum Gasteiger partial charge on any atom is -0.488 e. The largest absolute Gasteiger partial charge is 0.488 e. The zero-order valence-electron chi connectivity index (χ0n) is 21.0. The molecule has 0 atom stereocenters. The third kappa shape index (κ3) is 8.24. The number of hydrogen-bond donors (Lipinski definition) is 1. The van der Waals surface area contributed by atoms with Gasteiger partial charge in [-0.3, -0.25) is 9.78 Å². The number of carbonyl (C=O) groups is 1. The van der Waals surface area contributed by atoms with Crippen molar-refractivity contribution in [3.05, 3.63) is 36.0 Å². The number of nitrogens with zero attached hydrogens (tertiary/aromatic N) is 2. The van der Waals surface area contributed by atoms with Gasteiger partial charge in [-0.05, 0) is 83.2 Å². The first-order valence-corrected chi connectivity index (χ1v) is 13.8. The summed E-state index contributed by atoms with van der Waals surface area (Å²) < 4.78 is 30.4. The van der Waals surface area contributed by atoms with E-state index in [9.17, 15) is 8.42 Å². The molecule has 34 heavy (non-hydrogen) atoms. The molecule has 2 heterocycles. The van der Waals surface area contributed by atoms with Crippen LogP contribution in [0.25, 0.3) is 10.9 Å². The summed E-state index contributed by atoms with van der Waals surface area (Å²) in [5.74, 6) is 1.16. The van der Waals surface area contributed by atoms with E-state index in [2.05, 4.69) is 35.0 Å². The number of unbranched alkanes of at least 4 members (excludes halogenated alkanes) is 1. The number of hydrogen-bond acceptors (Lipinski definition) is 6. The van der Waals surface area contributed by atoms with Gasteiger partial charge in [-0.2, -0.15) is 0 Å². The molecule has 1 aliphatic rings. The highest BCUT2D eigenvalue weighted by Gasteiger charge is 2.29. The highest BCUT2D eigenvalue weighted by Crippen LogP contribution is 2.29. The SMILES string of the molecule is CCCCc1cc(OC2CCN(CCCS(=O)(=O)C(C)(C)C)CC2)c2ncccc2c1.O=CO. The third-order valence-corrected chi connectivity index (χ3v) is 8.89. The summed E-state index contributed by atoms with van der Waals surface area (Å²) in [7, 11) is -3.04. The third-order valence-electron chi connectivity index (χ3n) is 6.20. The number of fused-ring (bicyclic) bond motifs is 1. The van der Waals surface area contributed by atoms with Crippen molar-refractivity contribution in [3.63, 3.8) is 0 Å². The number of carboxylic acid groups (broad SMARTS) is 1. The van der Waals surface area contributed by atoms with Crippen LogP contribution >= 0.6 is 0 Å². The molecule has 1 N–H and O–H groups in total. The Morgan fingerprint density at radius 3 is 2.50 bits per heavy atom. The lowest BCUT2D eigenvalue weighted by atomic mass is 10.0. The highest BCUT2D eigenvalue weighted by molar-refractivity contribution is 7.92. The summed E-state index contributed by atoms with van der Waals surface area (Å²) in [5.41, 5.74) is 2.26. The average Bonchev–Trinajstić information content (AvgIpc) is 2.78. The van der Waals surface area contributed by atoms with Gasteiger partial charge in [0.1, 0.15) is 17.4 Å². The van der Waals surface area contributed by atoms with Crippen molar-refractivity contribution in [2.45, 2.75) is 77.1 Å². The Morgan fingerprint density at radius 1 is 1.21 bits per heavy atom. The monoisotopic (exact) mass is 492 g/mol. The lowest BCUT2D eigenvalue weighted by Gasteiger charge is -2.32. The number of aromatic nitrogens is 1. The van der Waals surface area contributed by atoms with Crippen molar-refractivity contribution in [1.29, 1.82) is 0 Å². The van der Waals surface area contributed by atoms with Crippen LogP contribution in [0.4, 0.5) is 0 Å². The van der Waals surface area contributed by atoms with E-state index >= 15 is 0 Å². The van der Waals surface area contributed by atoms with E-state index in [1.807, 2.05) is 12.3 Å². The highest BCUT2D eigenvalue weighted by atomic mass is 32.2. The molecule has 3 rings (SSSR count). The smallest absolute Gasteiger partial charge is 0.290 e. The number of aryl methyl sites for hydroxylation is 1. The quantitative estimate of drug-likeness (QED) is 0.506. The zero-order valence-corrected chi connectivity index (χ0v) is 21.8. The first-order chi connectivity index (χ1) is 16.1. The maximum atomic E-state index is 12.3. The maximum absolute atomic E-state index is 12.3. The Kier molecular flexibility index (Phi) is 10.8. The minimum absolute atomic E-state index is 0.182. The molecule has 1 aromatic heterocycles. The second kappa shape index (κ2) is 13.0. The van der Waals surface area contributed by atoms with Crippen LogP contribution in [-0.2, 0) is 21.1 Å². The standard InChI is InChI=1S/C25H38N2O3S.CH2O2/c1-5-6-9-20-18-21-10-7-13-26-24(21)23(19-20)30-22-11-15-27(16-12-22)14-8-17-31(28,29)25(2,3)4;2-1-3/h7,10,13,18-19,22H,5-6,8-9,11-12,14-17H2,1-4H3;1H,(H,2,3). The molecule has 1 aliphatic heterocycles. The lowest BCUT2D eigenvalue weighted by molar-refractivity contribution is -0.122. The van der Waals surface area contributed by atoms with E-state index in [1.165, 1.54) is 18.4 Å². The molecule has 0 amide bonds. The Labute approximate surface area is 204 Å². The molecule has 1 fully saturated rings. The van der Waals surface area contributed by atoms with E-state index in [0.717, 1.165) is 55.5 Å². The van der Waals surface area contributed by atoms with Gasteiger partial charge < -0.3 is 14.7 Å². The van der Waals surface area contributed by atoms with Gasteiger partial charge in [-0.15, -0.1) is 0 Å². The fraction of sp³-hybridized carbons (Fsp3) is 0.615. The second-order valence-corrected chi connectivity index (χ2v) is 12.7. The lowest BCUT2D eigenvalue weighted by Crippen LogP contribution is -2.39. The van der Waals surface area contributed by atoms with Crippen molar-refractivity contribution < 1.29 is 23.1 Å². The number of rotatable bonds is 9. The minimum atomic E-state index is -3.04. The molecule has 0 aliphatic carbocycles. The molecule has 0 unspecified atom stereocenters. The summed E-state index contributed by atoms with van der Waals surface area (Å²) in [6, 6.07) is 8.50. The Balaban J connectivity index is 0.00000129. The van der Waals surface area contributed by atoms with Gasteiger partial charge in [0.05, 0.1) is 10.5 Å². The van der Waals surface area contributed by atoms with Gasteiger partial charge in [0.2, 0.25) is 0 Å². The zero-order chi connectivity index (χ0) is 25.2. The number of likely N-dealkylation sites (tertiary alicyclic amines) is 1. The summed E-state index contributed by atoms with van der Waals surface area (Å²) >= 11 is 0. The fourth-order valence-electron chi connectivity index (χ4n) is 4.05. The molecule has 0 radical (unpaired) electrons. The van der Waals surface area contributed by atoms with Gasteiger partial charge in [0.15, 0.2) is 9.84 Å². The van der Waals surface area contributed by atoms with Crippen LogP contribution in [0.15, 0.2) is 30.5 Å². The van der Waals surface area contributed by atoms with Gasteiger partial charge in [-0.25, -0.2) is 8.42 Å². The first-order valence-electron chi connectivity index (χ1n) is 12.2. The molecule has 0 bridgehead atoms. The van der Waals surface area contributed by atoms with Crippen LogP contribution in [0.1, 0.15) is 65.4 Å². The van der Waals surface area contributed by atoms with E-state index in [0.29, 0.717) is 6.42 Å². The number of pyridine rings is 1. The Bertz CT molecular complexity index is 1010. The molecule has 8 heteroatoms. The van der Waals surface area contributed by atoms with E-state index in [4.69, 9.17) is 14.6 Å². The van der Waals surface area contributed by atoms with Gasteiger partial charge >= 0.3 is 0 Å². The summed E-state index contributed by atoms with van der Waals surface area (Å²) in [4.78, 5) is 15.3. The Hall–Kier alpha value is -2.19. The van der Waals surface area contributed by atoms with Crippen LogP contribution in [0.5, 0.6) is 5.75 Å². The molecular formula is C26H40N2O5S. The van der Waals surface area contributed by atoms with Crippen LogP contribution in [-0.4, -0.2) is 66.1 Å². The van der Waals surface area contributed by atoms with Crippen molar-refractivity contribution in [2.24, 2.45) is 0 Å².